The second-order valence-corrected chi connectivity index (χ2v) is 5.56. The van der Waals surface area contributed by atoms with E-state index in [0.29, 0.717) is 18.9 Å². The highest BCUT2D eigenvalue weighted by Crippen LogP contribution is 2.51. The first-order valence-electron chi connectivity index (χ1n) is 7.31. The van der Waals surface area contributed by atoms with Crippen LogP contribution in [-0.4, -0.2) is 26.1 Å². The van der Waals surface area contributed by atoms with Crippen LogP contribution in [0.5, 0.6) is 17.2 Å². The van der Waals surface area contributed by atoms with Crippen LogP contribution in [0.4, 0.5) is 39.5 Å². The van der Waals surface area contributed by atoms with Crippen LogP contribution in [0.3, 0.4) is 0 Å². The van der Waals surface area contributed by atoms with Crippen LogP contribution in [0.2, 0.25) is 0 Å². The van der Waals surface area contributed by atoms with Crippen molar-refractivity contribution in [2.75, 3.05) is 7.05 Å². The largest absolute Gasteiger partial charge is 0.573 e. The number of ether oxygens (including phenoxy) is 3. The normalized spacial score (nSPS) is 16.8. The number of hydrogen-bond donors (Lipinski definition) is 1. The Bertz CT molecular complexity index is 666. The van der Waals surface area contributed by atoms with Crippen LogP contribution in [0.1, 0.15) is 24.4 Å². The monoisotopic (exact) mass is 413 g/mol. The van der Waals surface area contributed by atoms with Gasteiger partial charge in [-0.25, -0.2) is 0 Å². The summed E-state index contributed by atoms with van der Waals surface area (Å²) < 4.78 is 124. The molecule has 1 unspecified atom stereocenters. The van der Waals surface area contributed by atoms with Gasteiger partial charge in [-0.15, -0.1) is 39.5 Å². The van der Waals surface area contributed by atoms with Gasteiger partial charge < -0.3 is 19.5 Å². The Morgan fingerprint density at radius 3 is 1.70 bits per heavy atom. The smallest absolute Gasteiger partial charge is 0.402 e. The molecule has 1 N–H and O–H groups in total. The van der Waals surface area contributed by atoms with Gasteiger partial charge in [-0.2, -0.15) is 0 Å². The fraction of sp³-hybridized carbons (Fsp3) is 0.571. The minimum atomic E-state index is -5.60. The quantitative estimate of drug-likeness (QED) is 0.663. The predicted octanol–water partition coefficient (Wildman–Crippen LogP) is 5.05. The summed E-state index contributed by atoms with van der Waals surface area (Å²) in [6, 6.07) is 0.322. The maximum atomic E-state index is 12.7. The van der Waals surface area contributed by atoms with Gasteiger partial charge in [0.25, 0.3) is 0 Å². The van der Waals surface area contributed by atoms with Crippen molar-refractivity contribution in [1.29, 1.82) is 0 Å². The van der Waals surface area contributed by atoms with Gasteiger partial charge in [0.2, 0.25) is 5.75 Å². The lowest BCUT2D eigenvalue weighted by molar-refractivity contribution is -0.293. The third-order valence-corrected chi connectivity index (χ3v) is 3.51. The highest BCUT2D eigenvalue weighted by molar-refractivity contribution is 5.57. The van der Waals surface area contributed by atoms with E-state index in [2.05, 4.69) is 19.5 Å². The molecule has 1 atom stereocenters. The van der Waals surface area contributed by atoms with E-state index in [0.717, 1.165) is 6.07 Å². The van der Waals surface area contributed by atoms with Crippen molar-refractivity contribution in [1.82, 2.24) is 5.32 Å². The Hall–Kier alpha value is -2.05. The van der Waals surface area contributed by atoms with Crippen LogP contribution in [-0.2, 0) is 0 Å². The molecule has 0 amide bonds. The molecule has 0 spiro atoms. The molecule has 4 nitrogen and oxygen atoms in total. The zero-order valence-corrected chi connectivity index (χ0v) is 13.4. The van der Waals surface area contributed by atoms with Crippen molar-refractivity contribution >= 4 is 0 Å². The number of alkyl halides is 9. The summed E-state index contributed by atoms with van der Waals surface area (Å²) in [5.74, 6) is -5.25. The van der Waals surface area contributed by atoms with Gasteiger partial charge in [0, 0.05) is 11.6 Å². The van der Waals surface area contributed by atoms with Crippen LogP contribution in [0.15, 0.2) is 12.1 Å². The van der Waals surface area contributed by atoms with Crippen LogP contribution >= 0.6 is 0 Å². The molecule has 1 saturated carbocycles. The van der Waals surface area contributed by atoms with Crippen LogP contribution in [0.25, 0.3) is 0 Å². The fourth-order valence-corrected chi connectivity index (χ4v) is 2.52. The highest BCUT2D eigenvalue weighted by atomic mass is 19.4. The first-order valence-corrected chi connectivity index (χ1v) is 7.31. The summed E-state index contributed by atoms with van der Waals surface area (Å²) in [4.78, 5) is 0. The Morgan fingerprint density at radius 2 is 1.30 bits per heavy atom. The van der Waals surface area contributed by atoms with Gasteiger partial charge in [0.15, 0.2) is 11.5 Å². The Kier molecular flexibility index (Phi) is 5.64. The van der Waals surface area contributed by atoms with E-state index in [9.17, 15) is 39.5 Å². The molecule has 1 fully saturated rings. The first kappa shape index (κ1) is 21.3. The number of halogens is 9. The summed E-state index contributed by atoms with van der Waals surface area (Å²) in [5, 5.41) is 2.62. The lowest BCUT2D eigenvalue weighted by Gasteiger charge is -2.25. The van der Waals surface area contributed by atoms with Gasteiger partial charge in [-0.1, -0.05) is 0 Å². The van der Waals surface area contributed by atoms with Crippen molar-refractivity contribution < 1.29 is 53.7 Å². The lowest BCUT2D eigenvalue weighted by Crippen LogP contribution is -2.26. The van der Waals surface area contributed by atoms with E-state index in [1.165, 1.54) is 7.05 Å². The number of nitrogens with one attached hydrogen (secondary N) is 1. The molecule has 27 heavy (non-hydrogen) atoms. The molecule has 0 aliphatic heterocycles. The zero-order valence-electron chi connectivity index (χ0n) is 13.4. The van der Waals surface area contributed by atoms with Crippen molar-refractivity contribution in [2.24, 2.45) is 5.92 Å². The standard InChI is InChI=1S/C14H12F9NO3/c1-24-9(6-2-3-6)7-4-5-8(25-12(15,16)17)11(27-14(21,22)23)10(7)26-13(18,19)20/h4-6,9,24H,2-3H2,1H3. The van der Waals surface area contributed by atoms with Crippen molar-refractivity contribution in [3.8, 4) is 17.2 Å². The van der Waals surface area contributed by atoms with Crippen molar-refractivity contribution in [3.05, 3.63) is 17.7 Å². The third-order valence-electron chi connectivity index (χ3n) is 3.51. The van der Waals surface area contributed by atoms with Gasteiger partial charge >= 0.3 is 19.1 Å². The van der Waals surface area contributed by atoms with E-state index in [1.807, 2.05) is 0 Å². The van der Waals surface area contributed by atoms with Gasteiger partial charge in [0.05, 0.1) is 0 Å². The minimum absolute atomic E-state index is 0.223. The molecule has 1 aliphatic rings. The highest BCUT2D eigenvalue weighted by Gasteiger charge is 2.44. The summed E-state index contributed by atoms with van der Waals surface area (Å²) in [6.07, 6.45) is -15.4. The van der Waals surface area contributed by atoms with Crippen LogP contribution in [0, 0.1) is 5.92 Å². The minimum Gasteiger partial charge on any atom is -0.402 e. The predicted molar refractivity (Wildman–Crippen MR) is 71.0 cm³/mol. The maximum absolute atomic E-state index is 12.7. The molecule has 0 saturated heterocycles. The van der Waals surface area contributed by atoms with Gasteiger partial charge in [-0.05, 0) is 37.9 Å². The second kappa shape index (κ2) is 7.17. The second-order valence-electron chi connectivity index (χ2n) is 5.56. The Labute approximate surface area is 146 Å². The molecule has 154 valence electrons. The summed E-state index contributed by atoms with van der Waals surface area (Å²) in [6.45, 7) is 0. The summed E-state index contributed by atoms with van der Waals surface area (Å²) >= 11 is 0. The summed E-state index contributed by atoms with van der Waals surface area (Å²) in [5.41, 5.74) is -0.439. The van der Waals surface area contributed by atoms with Crippen molar-refractivity contribution in [2.45, 2.75) is 38.0 Å². The molecule has 1 aromatic carbocycles. The lowest BCUT2D eigenvalue weighted by atomic mass is 10.0. The molecule has 0 radical (unpaired) electrons. The fourth-order valence-electron chi connectivity index (χ4n) is 2.52. The third kappa shape index (κ3) is 6.26. The summed E-state index contributed by atoms with van der Waals surface area (Å²) in [7, 11) is 1.34. The molecule has 2 rings (SSSR count). The zero-order chi connectivity index (χ0) is 20.6. The van der Waals surface area contributed by atoms with Gasteiger partial charge in [-0.3, -0.25) is 0 Å². The molecule has 1 aromatic rings. The molecule has 0 aromatic heterocycles. The average molecular weight is 413 g/mol. The Balaban J connectivity index is 2.65. The number of hydrogen-bond acceptors (Lipinski definition) is 4. The maximum Gasteiger partial charge on any atom is 0.573 e. The molecule has 1 aliphatic carbocycles. The van der Waals surface area contributed by atoms with E-state index in [1.54, 1.807) is 0 Å². The molecular weight excluding hydrogens is 401 g/mol. The first-order chi connectivity index (χ1) is 12.2. The topological polar surface area (TPSA) is 39.7 Å². The average Bonchev–Trinajstić information content (AvgIpc) is 3.26. The molecular formula is C14H12F9NO3. The van der Waals surface area contributed by atoms with E-state index in [-0.39, 0.29) is 5.92 Å². The van der Waals surface area contributed by atoms with E-state index in [4.69, 9.17) is 0 Å². The van der Waals surface area contributed by atoms with E-state index >= 15 is 0 Å². The Morgan fingerprint density at radius 1 is 0.815 bits per heavy atom. The molecule has 0 bridgehead atoms. The number of rotatable bonds is 6. The van der Waals surface area contributed by atoms with Gasteiger partial charge in [0.1, 0.15) is 0 Å². The van der Waals surface area contributed by atoms with Crippen LogP contribution < -0.4 is 19.5 Å². The number of benzene rings is 1. The SMILES string of the molecule is CNC(c1ccc(OC(F)(F)F)c(OC(F)(F)F)c1OC(F)(F)F)C1CC1. The van der Waals surface area contributed by atoms with Crippen molar-refractivity contribution in [3.63, 3.8) is 0 Å². The molecule has 13 heteroatoms. The van der Waals surface area contributed by atoms with E-state index < -0.39 is 47.9 Å². The molecule has 0 heterocycles.